The lowest BCUT2D eigenvalue weighted by Crippen LogP contribution is -2.61. The van der Waals surface area contributed by atoms with Crippen LogP contribution in [0.2, 0.25) is 0 Å². The Labute approximate surface area is 225 Å². The predicted octanol–water partition coefficient (Wildman–Crippen LogP) is 3.94. The number of ether oxygens (including phenoxy) is 3. The van der Waals surface area contributed by atoms with Crippen molar-refractivity contribution in [3.8, 4) is 0 Å². The Morgan fingerprint density at radius 1 is 1.05 bits per heavy atom. The summed E-state index contributed by atoms with van der Waals surface area (Å²) < 4.78 is 16.4. The number of nitrogens with one attached hydrogen (secondary N) is 2. The van der Waals surface area contributed by atoms with Crippen molar-refractivity contribution in [3.05, 3.63) is 48.6 Å². The average Bonchev–Trinajstić information content (AvgIpc) is 3.14. The smallest absolute Gasteiger partial charge is 0.408 e. The van der Waals surface area contributed by atoms with Crippen molar-refractivity contribution in [2.75, 3.05) is 13.1 Å². The quantitative estimate of drug-likeness (QED) is 0.296. The van der Waals surface area contributed by atoms with E-state index >= 15 is 0 Å². The number of benzene rings is 1. The number of likely N-dealkylation sites (tertiary alicyclic amines) is 1. The number of alkyl carbamates (subject to hydrolysis) is 2. The molecule has 2 N–H and O–H groups in total. The highest BCUT2D eigenvalue weighted by molar-refractivity contribution is 5.91. The molecule has 0 bridgehead atoms. The SMILES string of the molecule is C=CC[C@H]1CN(C(=O)[C@H](C)NC(=O)OC(C)(C)C)C[C@@]1(NC(=O)OC(C)(C)C)C(=O)OCc1ccccc1. The van der Waals surface area contributed by atoms with Crippen LogP contribution in [0, 0.1) is 5.92 Å². The van der Waals surface area contributed by atoms with Gasteiger partial charge in [0.15, 0.2) is 5.54 Å². The summed E-state index contributed by atoms with van der Waals surface area (Å²) in [7, 11) is 0. The van der Waals surface area contributed by atoms with Gasteiger partial charge in [0.1, 0.15) is 23.9 Å². The Hall–Kier alpha value is -3.56. The Kier molecular flexibility index (Phi) is 9.94. The lowest BCUT2D eigenvalue weighted by atomic mass is 9.84. The highest BCUT2D eigenvalue weighted by atomic mass is 16.6. The van der Waals surface area contributed by atoms with Crippen LogP contribution >= 0.6 is 0 Å². The van der Waals surface area contributed by atoms with Gasteiger partial charge in [-0.15, -0.1) is 6.58 Å². The van der Waals surface area contributed by atoms with Crippen molar-refractivity contribution in [1.82, 2.24) is 15.5 Å². The zero-order valence-electron chi connectivity index (χ0n) is 23.5. The molecule has 1 aliphatic rings. The summed E-state index contributed by atoms with van der Waals surface area (Å²) in [5, 5.41) is 5.26. The number of carbonyl (C=O) groups excluding carboxylic acids is 4. The van der Waals surface area contributed by atoms with Gasteiger partial charge in [-0.25, -0.2) is 14.4 Å². The molecule has 3 amide bonds. The summed E-state index contributed by atoms with van der Waals surface area (Å²) in [6, 6.07) is 8.20. The van der Waals surface area contributed by atoms with Crippen molar-refractivity contribution < 1.29 is 33.4 Å². The minimum absolute atomic E-state index is 0.0111. The van der Waals surface area contributed by atoms with Crippen LogP contribution in [0.4, 0.5) is 9.59 Å². The van der Waals surface area contributed by atoms with Crippen LogP contribution in [-0.2, 0) is 30.4 Å². The van der Waals surface area contributed by atoms with E-state index in [0.717, 1.165) is 5.56 Å². The van der Waals surface area contributed by atoms with Crippen LogP contribution in [0.15, 0.2) is 43.0 Å². The van der Waals surface area contributed by atoms with E-state index in [2.05, 4.69) is 17.2 Å². The molecule has 0 spiro atoms. The second-order valence-corrected chi connectivity index (χ2v) is 11.5. The first-order valence-corrected chi connectivity index (χ1v) is 12.7. The van der Waals surface area contributed by atoms with Crippen LogP contribution in [0.1, 0.15) is 60.5 Å². The Morgan fingerprint density at radius 3 is 2.18 bits per heavy atom. The van der Waals surface area contributed by atoms with Crippen LogP contribution in [0.3, 0.4) is 0 Å². The monoisotopic (exact) mass is 531 g/mol. The summed E-state index contributed by atoms with van der Waals surface area (Å²) in [6.07, 6.45) is 0.392. The molecule has 0 saturated carbocycles. The predicted molar refractivity (Wildman–Crippen MR) is 142 cm³/mol. The largest absolute Gasteiger partial charge is 0.459 e. The first-order chi connectivity index (χ1) is 17.6. The van der Waals surface area contributed by atoms with Crippen molar-refractivity contribution in [3.63, 3.8) is 0 Å². The minimum atomic E-state index is -1.59. The fourth-order valence-electron chi connectivity index (χ4n) is 4.14. The van der Waals surface area contributed by atoms with Gasteiger partial charge >= 0.3 is 18.2 Å². The van der Waals surface area contributed by atoms with E-state index in [-0.39, 0.29) is 19.7 Å². The molecule has 10 nitrogen and oxygen atoms in total. The summed E-state index contributed by atoms with van der Waals surface area (Å²) in [5.74, 6) is -1.68. The first kappa shape index (κ1) is 30.7. The van der Waals surface area contributed by atoms with Gasteiger partial charge in [0, 0.05) is 12.5 Å². The van der Waals surface area contributed by atoms with Crippen molar-refractivity contribution in [2.24, 2.45) is 5.92 Å². The lowest BCUT2D eigenvalue weighted by molar-refractivity contribution is -0.154. The standard InChI is InChI=1S/C28H41N3O7/c1-9-13-21-16-31(22(32)19(2)29-24(34)37-26(3,4)5)18-28(21,30-25(35)38-27(6,7)8)23(33)36-17-20-14-11-10-12-15-20/h9-12,14-15,19,21H,1,13,16-18H2,2-8H3,(H,29,34)(H,30,35)/t19-,21-,28-/m0/s1. The molecule has 1 fully saturated rings. The van der Waals surface area contributed by atoms with Gasteiger partial charge in [0.2, 0.25) is 5.91 Å². The van der Waals surface area contributed by atoms with Crippen LogP contribution in [0.25, 0.3) is 0 Å². The first-order valence-electron chi connectivity index (χ1n) is 12.7. The van der Waals surface area contributed by atoms with Gasteiger partial charge in [0.25, 0.3) is 0 Å². The third-order valence-electron chi connectivity index (χ3n) is 5.75. The summed E-state index contributed by atoms with van der Waals surface area (Å²) in [5.41, 5.74) is -2.36. The second-order valence-electron chi connectivity index (χ2n) is 11.5. The number of hydrogen-bond acceptors (Lipinski definition) is 7. The molecule has 1 saturated heterocycles. The van der Waals surface area contributed by atoms with E-state index in [1.807, 2.05) is 30.3 Å². The molecule has 1 heterocycles. The minimum Gasteiger partial charge on any atom is -0.459 e. The van der Waals surface area contributed by atoms with Gasteiger partial charge in [0.05, 0.1) is 6.54 Å². The van der Waals surface area contributed by atoms with Gasteiger partial charge in [-0.1, -0.05) is 36.4 Å². The zero-order valence-corrected chi connectivity index (χ0v) is 23.5. The maximum absolute atomic E-state index is 13.6. The summed E-state index contributed by atoms with van der Waals surface area (Å²) in [4.78, 5) is 53.5. The Balaban J connectivity index is 2.31. The number of hydrogen-bond donors (Lipinski definition) is 2. The number of carbonyl (C=O) groups is 4. The fourth-order valence-corrected chi connectivity index (χ4v) is 4.14. The number of rotatable bonds is 8. The maximum Gasteiger partial charge on any atom is 0.408 e. The summed E-state index contributed by atoms with van der Waals surface area (Å²) in [6.45, 7) is 15.6. The van der Waals surface area contributed by atoms with E-state index in [9.17, 15) is 19.2 Å². The Morgan fingerprint density at radius 2 is 1.63 bits per heavy atom. The molecule has 1 aromatic rings. The highest BCUT2D eigenvalue weighted by Crippen LogP contribution is 2.33. The van der Waals surface area contributed by atoms with Crippen molar-refractivity contribution >= 4 is 24.1 Å². The van der Waals surface area contributed by atoms with Gasteiger partial charge in [-0.3, -0.25) is 4.79 Å². The van der Waals surface area contributed by atoms with Crippen molar-refractivity contribution in [1.29, 1.82) is 0 Å². The maximum atomic E-state index is 13.6. The molecule has 38 heavy (non-hydrogen) atoms. The molecule has 0 radical (unpaired) electrons. The van der Waals surface area contributed by atoms with E-state index < -0.39 is 52.8 Å². The number of esters is 1. The molecule has 2 rings (SSSR count). The van der Waals surface area contributed by atoms with Crippen molar-refractivity contribution in [2.45, 2.75) is 84.3 Å². The number of amides is 3. The van der Waals surface area contributed by atoms with Crippen LogP contribution in [-0.4, -0.2) is 64.8 Å². The van der Waals surface area contributed by atoms with Crippen LogP contribution in [0.5, 0.6) is 0 Å². The molecule has 10 heteroatoms. The second kappa shape index (κ2) is 12.3. The lowest BCUT2D eigenvalue weighted by Gasteiger charge is -2.33. The molecular weight excluding hydrogens is 490 g/mol. The molecule has 210 valence electrons. The van der Waals surface area contributed by atoms with Gasteiger partial charge in [-0.2, -0.15) is 0 Å². The number of allylic oxidation sites excluding steroid dienone is 1. The van der Waals surface area contributed by atoms with Gasteiger partial charge in [-0.05, 0) is 60.5 Å². The molecule has 1 aromatic carbocycles. The molecule has 3 atom stereocenters. The number of nitrogens with zero attached hydrogens (tertiary/aromatic N) is 1. The third-order valence-corrected chi connectivity index (χ3v) is 5.75. The van der Waals surface area contributed by atoms with E-state index in [1.54, 1.807) is 47.6 Å². The Bertz CT molecular complexity index is 1010. The molecular formula is C28H41N3O7. The molecule has 1 aliphatic heterocycles. The topological polar surface area (TPSA) is 123 Å². The molecule has 0 aromatic heterocycles. The third kappa shape index (κ3) is 8.78. The normalized spacial score (nSPS) is 20.2. The van der Waals surface area contributed by atoms with Crippen LogP contribution < -0.4 is 10.6 Å². The zero-order chi connectivity index (χ0) is 28.7. The fraction of sp³-hybridized carbons (Fsp3) is 0.571. The van der Waals surface area contributed by atoms with E-state index in [1.165, 1.54) is 11.8 Å². The van der Waals surface area contributed by atoms with E-state index in [0.29, 0.717) is 6.42 Å². The van der Waals surface area contributed by atoms with Gasteiger partial charge < -0.3 is 29.7 Å². The molecule has 0 aliphatic carbocycles. The highest BCUT2D eigenvalue weighted by Gasteiger charge is 2.56. The van der Waals surface area contributed by atoms with E-state index in [4.69, 9.17) is 14.2 Å². The summed E-state index contributed by atoms with van der Waals surface area (Å²) >= 11 is 0. The molecule has 0 unspecified atom stereocenters. The average molecular weight is 532 g/mol.